The largest absolute Gasteiger partial charge is 0.326 e. The number of carbonyl (C=O) groups is 2. The van der Waals surface area contributed by atoms with Gasteiger partial charge in [0.05, 0.1) is 0 Å². The Labute approximate surface area is 137 Å². The minimum atomic E-state index is -0.0292. The summed E-state index contributed by atoms with van der Waals surface area (Å²) in [6.45, 7) is 3.56. The van der Waals surface area contributed by atoms with Gasteiger partial charge in [0.15, 0.2) is 0 Å². The standard InChI is InChI=1S/C19H22N2O2/c1-14(16-7-5-4-6-8-16)13-19(23)20-17-9-11-18(12-10-17)21(3)15(2)22/h4-12,14H,13H2,1-3H3,(H,20,23)/t14-/m0/s1. The first-order chi connectivity index (χ1) is 11.0. The fraction of sp³-hybridized carbons (Fsp3) is 0.263. The Morgan fingerprint density at radius 3 is 2.22 bits per heavy atom. The van der Waals surface area contributed by atoms with Crippen molar-refractivity contribution in [2.24, 2.45) is 0 Å². The highest BCUT2D eigenvalue weighted by Crippen LogP contribution is 2.21. The van der Waals surface area contributed by atoms with Crippen LogP contribution in [0.25, 0.3) is 0 Å². The third-order valence-corrected chi connectivity index (χ3v) is 3.87. The van der Waals surface area contributed by atoms with E-state index in [2.05, 4.69) is 5.32 Å². The fourth-order valence-electron chi connectivity index (χ4n) is 2.34. The van der Waals surface area contributed by atoms with Gasteiger partial charge in [-0.25, -0.2) is 0 Å². The van der Waals surface area contributed by atoms with E-state index in [0.717, 1.165) is 16.9 Å². The van der Waals surface area contributed by atoms with Gasteiger partial charge < -0.3 is 10.2 Å². The maximum absolute atomic E-state index is 12.1. The highest BCUT2D eigenvalue weighted by molar-refractivity contribution is 5.93. The molecule has 2 rings (SSSR count). The van der Waals surface area contributed by atoms with Crippen molar-refractivity contribution in [1.29, 1.82) is 0 Å². The lowest BCUT2D eigenvalue weighted by molar-refractivity contribution is -0.117. The lowest BCUT2D eigenvalue weighted by Crippen LogP contribution is -2.22. The lowest BCUT2D eigenvalue weighted by Gasteiger charge is -2.16. The average Bonchev–Trinajstić information content (AvgIpc) is 2.55. The maximum Gasteiger partial charge on any atom is 0.224 e. The molecular formula is C19H22N2O2. The maximum atomic E-state index is 12.1. The Morgan fingerprint density at radius 2 is 1.65 bits per heavy atom. The normalized spacial score (nSPS) is 11.6. The van der Waals surface area contributed by atoms with Crippen LogP contribution in [0.15, 0.2) is 54.6 Å². The van der Waals surface area contributed by atoms with Crippen molar-refractivity contribution < 1.29 is 9.59 Å². The van der Waals surface area contributed by atoms with E-state index in [1.54, 1.807) is 24.1 Å². The molecule has 2 aromatic carbocycles. The third-order valence-electron chi connectivity index (χ3n) is 3.87. The Morgan fingerprint density at radius 1 is 1.04 bits per heavy atom. The number of nitrogens with zero attached hydrogens (tertiary/aromatic N) is 1. The first-order valence-corrected chi connectivity index (χ1v) is 7.66. The second-order valence-corrected chi connectivity index (χ2v) is 5.69. The Bertz CT molecular complexity index is 666. The number of carbonyl (C=O) groups excluding carboxylic acids is 2. The zero-order chi connectivity index (χ0) is 16.8. The van der Waals surface area contributed by atoms with Gasteiger partial charge in [0, 0.05) is 31.8 Å². The van der Waals surface area contributed by atoms with E-state index in [1.165, 1.54) is 6.92 Å². The molecule has 0 aromatic heterocycles. The van der Waals surface area contributed by atoms with Crippen LogP contribution < -0.4 is 10.2 Å². The van der Waals surface area contributed by atoms with Crippen LogP contribution in [0.4, 0.5) is 11.4 Å². The van der Waals surface area contributed by atoms with Crippen LogP contribution >= 0.6 is 0 Å². The van der Waals surface area contributed by atoms with Gasteiger partial charge in [-0.05, 0) is 35.7 Å². The molecule has 4 nitrogen and oxygen atoms in total. The van der Waals surface area contributed by atoms with Crippen LogP contribution in [-0.2, 0) is 9.59 Å². The highest BCUT2D eigenvalue weighted by Gasteiger charge is 2.11. The minimum Gasteiger partial charge on any atom is -0.326 e. The summed E-state index contributed by atoms with van der Waals surface area (Å²) in [6.07, 6.45) is 0.430. The van der Waals surface area contributed by atoms with E-state index in [4.69, 9.17) is 0 Å². The molecule has 0 aliphatic carbocycles. The van der Waals surface area contributed by atoms with Crippen molar-refractivity contribution in [1.82, 2.24) is 0 Å². The number of anilines is 2. The Balaban J connectivity index is 1.94. The van der Waals surface area contributed by atoms with Crippen LogP contribution in [0.5, 0.6) is 0 Å². The smallest absolute Gasteiger partial charge is 0.224 e. The average molecular weight is 310 g/mol. The molecule has 0 fully saturated rings. The summed E-state index contributed by atoms with van der Waals surface area (Å²) < 4.78 is 0. The van der Waals surface area contributed by atoms with Gasteiger partial charge in [0.2, 0.25) is 11.8 Å². The molecule has 0 spiro atoms. The van der Waals surface area contributed by atoms with Crippen LogP contribution in [0.3, 0.4) is 0 Å². The summed E-state index contributed by atoms with van der Waals surface area (Å²) in [5.74, 6) is 0.117. The van der Waals surface area contributed by atoms with Crippen molar-refractivity contribution in [3.63, 3.8) is 0 Å². The summed E-state index contributed by atoms with van der Waals surface area (Å²) in [4.78, 5) is 25.0. The van der Waals surface area contributed by atoms with Crippen molar-refractivity contribution in [2.75, 3.05) is 17.3 Å². The van der Waals surface area contributed by atoms with Crippen LogP contribution in [-0.4, -0.2) is 18.9 Å². The van der Waals surface area contributed by atoms with Crippen LogP contribution in [0, 0.1) is 0 Å². The van der Waals surface area contributed by atoms with Crippen molar-refractivity contribution in [2.45, 2.75) is 26.2 Å². The number of nitrogens with one attached hydrogen (secondary N) is 1. The topological polar surface area (TPSA) is 49.4 Å². The molecule has 120 valence electrons. The Kier molecular flexibility index (Phi) is 5.52. The number of benzene rings is 2. The molecule has 0 radical (unpaired) electrons. The second-order valence-electron chi connectivity index (χ2n) is 5.69. The monoisotopic (exact) mass is 310 g/mol. The quantitative estimate of drug-likeness (QED) is 0.913. The molecular weight excluding hydrogens is 288 g/mol. The molecule has 0 heterocycles. The summed E-state index contributed by atoms with van der Waals surface area (Å²) in [6, 6.07) is 17.2. The number of amides is 2. The van der Waals surface area contributed by atoms with E-state index < -0.39 is 0 Å². The molecule has 0 aliphatic heterocycles. The van der Waals surface area contributed by atoms with Gasteiger partial charge in [-0.3, -0.25) is 9.59 Å². The van der Waals surface area contributed by atoms with Crippen molar-refractivity contribution in [3.05, 3.63) is 60.2 Å². The molecule has 2 amide bonds. The van der Waals surface area contributed by atoms with Gasteiger partial charge in [-0.15, -0.1) is 0 Å². The zero-order valence-electron chi connectivity index (χ0n) is 13.7. The van der Waals surface area contributed by atoms with Gasteiger partial charge in [0.25, 0.3) is 0 Å². The molecule has 0 aliphatic rings. The van der Waals surface area contributed by atoms with Crippen molar-refractivity contribution in [3.8, 4) is 0 Å². The molecule has 1 N–H and O–H groups in total. The molecule has 1 atom stereocenters. The summed E-state index contributed by atoms with van der Waals surface area (Å²) in [5, 5.41) is 2.90. The van der Waals surface area contributed by atoms with Gasteiger partial charge in [-0.1, -0.05) is 37.3 Å². The molecule has 0 saturated heterocycles. The van der Waals surface area contributed by atoms with E-state index in [0.29, 0.717) is 6.42 Å². The summed E-state index contributed by atoms with van der Waals surface area (Å²) in [7, 11) is 1.72. The Hall–Kier alpha value is -2.62. The number of rotatable bonds is 5. The molecule has 4 heteroatoms. The third kappa shape index (κ3) is 4.68. The zero-order valence-corrected chi connectivity index (χ0v) is 13.7. The second kappa shape index (κ2) is 7.58. The first kappa shape index (κ1) is 16.7. The fourth-order valence-corrected chi connectivity index (χ4v) is 2.34. The predicted molar refractivity (Wildman–Crippen MR) is 93.6 cm³/mol. The van der Waals surface area contributed by atoms with Crippen molar-refractivity contribution >= 4 is 23.2 Å². The van der Waals surface area contributed by atoms with Gasteiger partial charge >= 0.3 is 0 Å². The minimum absolute atomic E-state index is 0.0194. The van der Waals surface area contributed by atoms with Crippen LogP contribution in [0.1, 0.15) is 31.7 Å². The van der Waals surface area contributed by atoms with Gasteiger partial charge in [-0.2, -0.15) is 0 Å². The summed E-state index contributed by atoms with van der Waals surface area (Å²) in [5.41, 5.74) is 2.69. The molecule has 2 aromatic rings. The highest BCUT2D eigenvalue weighted by atomic mass is 16.2. The molecule has 0 bridgehead atoms. The molecule has 23 heavy (non-hydrogen) atoms. The number of hydrogen-bond donors (Lipinski definition) is 1. The van der Waals surface area contributed by atoms with Gasteiger partial charge in [0.1, 0.15) is 0 Å². The number of hydrogen-bond acceptors (Lipinski definition) is 2. The van der Waals surface area contributed by atoms with E-state index in [-0.39, 0.29) is 17.7 Å². The van der Waals surface area contributed by atoms with E-state index in [9.17, 15) is 9.59 Å². The predicted octanol–water partition coefficient (Wildman–Crippen LogP) is 3.80. The van der Waals surface area contributed by atoms with E-state index >= 15 is 0 Å². The first-order valence-electron chi connectivity index (χ1n) is 7.66. The molecule has 0 unspecified atom stereocenters. The lowest BCUT2D eigenvalue weighted by atomic mass is 9.97. The van der Waals surface area contributed by atoms with E-state index in [1.807, 2.05) is 49.4 Å². The summed E-state index contributed by atoms with van der Waals surface area (Å²) >= 11 is 0. The van der Waals surface area contributed by atoms with Crippen LogP contribution in [0.2, 0.25) is 0 Å². The SMILES string of the molecule is CC(=O)N(C)c1ccc(NC(=O)C[C@H](C)c2ccccc2)cc1. The molecule has 0 saturated carbocycles.